The summed E-state index contributed by atoms with van der Waals surface area (Å²) < 4.78 is 13.2. The van der Waals surface area contributed by atoms with Gasteiger partial charge in [0, 0.05) is 31.1 Å². The average molecular weight is 1700 g/mol. The molecule has 30 heteroatoms. The topological polar surface area (TPSA) is 325 Å². The normalized spacial score (nSPS) is 11.9. The number of hydrogen-bond acceptors (Lipinski definition) is 19. The first kappa shape index (κ1) is 89.5. The van der Waals surface area contributed by atoms with Crippen LogP contribution in [0, 0.1) is 73.1 Å². The first-order valence-corrected chi connectivity index (χ1v) is 36.8. The van der Waals surface area contributed by atoms with Crippen LogP contribution in [0.2, 0.25) is 30.1 Å². The van der Waals surface area contributed by atoms with E-state index in [4.69, 9.17) is 103 Å². The standard InChI is InChI=1S/C24H23Cl2N5O2S.C13H14ClNO2.C12H11ClN4O2S.C12H14ClNO.C7H10O2.C6H5ClIN.CH4/c1-24(2,14-32)10-9-15-3-7-20(18(25)11-15)27-22(33)13-34-23-28-29-30-31(23)21-8-6-17(12-19(21)26)16-4-5-16;1-13(2,12(16)17-3)7-6-9-4-5-11(15)10(14)8-9;13-9-5-8(7-1-2-7)3-4-10(9)17-12(14-15-16-17)20-6-11(18)19;1-12(2,8-15)6-5-9-3-4-11(14)10(13)7-9;1-5-7(2,3)6(8)9-4;7-5-3-4(8)1-2-6(5)9;/h3,6-8,11-12,16,32H,4-5,13-14H2,1-2H3,(H,27,33);4-5,8H,15H2,1-3H3;3-5,7H,1-2,6H2,(H,18,19);3-4,7,15H,8,14H2,1-2H3;1H,2-4H3;1-3H,9H2;1H4. The summed E-state index contributed by atoms with van der Waals surface area (Å²) in [5.41, 5.74) is 22.2. The number of nitrogens with one attached hydrogen (secondary N) is 1. The summed E-state index contributed by atoms with van der Waals surface area (Å²) in [4.78, 5) is 45.2. The lowest BCUT2D eigenvalue weighted by Gasteiger charge is -2.13. The number of halogens is 7. The Morgan fingerprint density at radius 3 is 1.30 bits per heavy atom. The molecular formula is C75H81Cl6IN12O9S2. The maximum absolute atomic E-state index is 12.5. The highest BCUT2D eigenvalue weighted by atomic mass is 127. The number of aliphatic hydroxyl groups is 2. The molecule has 2 fully saturated rings. The van der Waals surface area contributed by atoms with Crippen molar-refractivity contribution in [2.24, 2.45) is 21.7 Å². The number of aliphatic hydroxyl groups excluding tert-OH is 2. The number of terminal acetylenes is 1. The third-order valence-electron chi connectivity index (χ3n) is 14.4. The smallest absolute Gasteiger partial charge is 0.323 e. The van der Waals surface area contributed by atoms with E-state index in [1.807, 2.05) is 82.3 Å². The van der Waals surface area contributed by atoms with Crippen LogP contribution in [0.5, 0.6) is 0 Å². The molecule has 556 valence electrons. The van der Waals surface area contributed by atoms with E-state index in [1.165, 1.54) is 72.2 Å². The highest BCUT2D eigenvalue weighted by molar-refractivity contribution is 14.1. The number of hydrogen-bond donors (Lipinski definition) is 7. The maximum atomic E-state index is 12.5. The van der Waals surface area contributed by atoms with Crippen LogP contribution in [0.15, 0.2) is 120 Å². The fraction of sp³-hybridized carbons (Fsp3) is 0.333. The average Bonchev–Trinajstić information content (AvgIpc) is 1.70. The number of methoxy groups -OCH3 is 2. The van der Waals surface area contributed by atoms with Crippen LogP contribution in [0.25, 0.3) is 11.4 Å². The summed E-state index contributed by atoms with van der Waals surface area (Å²) >= 11 is 40.9. The highest BCUT2D eigenvalue weighted by Crippen LogP contribution is 2.43. The molecular weight excluding hydrogens is 1620 g/mol. The van der Waals surface area contributed by atoms with Crippen molar-refractivity contribution in [3.8, 4) is 59.2 Å². The molecule has 21 nitrogen and oxygen atoms in total. The van der Waals surface area contributed by atoms with Crippen molar-refractivity contribution in [1.82, 2.24) is 40.4 Å². The molecule has 0 aliphatic heterocycles. The molecule has 2 saturated carbocycles. The third-order valence-corrected chi connectivity index (χ3v) is 18.8. The number of aromatic nitrogens is 8. The van der Waals surface area contributed by atoms with E-state index in [2.05, 4.69) is 110 Å². The van der Waals surface area contributed by atoms with E-state index >= 15 is 0 Å². The SMILES string of the molecule is C.C#CC(C)(C)C(=O)OC.CC(C)(C#Cc1ccc(N)c(Cl)c1)CO.CC(C)(C#Cc1ccc(NC(=O)CSc2nnnn2-c2ccc(C3CC3)cc2Cl)c(Cl)c1)CO.COC(=O)C(C)(C)C#Cc1ccc(N)c(Cl)c1.Nc1ccc(I)cc1Cl.O=C(O)CSc1nnnn1-c1ccc(C2CC2)cc1Cl. The van der Waals surface area contributed by atoms with Crippen molar-refractivity contribution < 1.29 is 44.0 Å². The Morgan fingerprint density at radius 1 is 0.562 bits per heavy atom. The van der Waals surface area contributed by atoms with Crippen LogP contribution in [-0.2, 0) is 28.7 Å². The highest BCUT2D eigenvalue weighted by Gasteiger charge is 2.28. The number of ether oxygens (including phenoxy) is 2. The Balaban J connectivity index is 0.000000284. The van der Waals surface area contributed by atoms with Gasteiger partial charge in [-0.15, -0.1) is 16.6 Å². The van der Waals surface area contributed by atoms with E-state index < -0.39 is 27.6 Å². The molecule has 0 saturated heterocycles. The molecule has 105 heavy (non-hydrogen) atoms. The Labute approximate surface area is 664 Å². The summed E-state index contributed by atoms with van der Waals surface area (Å²) in [7, 11) is 2.66. The van der Waals surface area contributed by atoms with Crippen LogP contribution in [-0.4, -0.2) is 118 Å². The largest absolute Gasteiger partial charge is 0.481 e. The van der Waals surface area contributed by atoms with Gasteiger partial charge in [0.1, 0.15) is 10.8 Å². The monoisotopic (exact) mass is 1690 g/mol. The van der Waals surface area contributed by atoms with Crippen LogP contribution >= 0.6 is 116 Å². The summed E-state index contributed by atoms with van der Waals surface area (Å²) in [5.74, 6) is 19.3. The van der Waals surface area contributed by atoms with Gasteiger partial charge in [0.2, 0.25) is 16.2 Å². The number of carbonyl (C=O) groups is 4. The van der Waals surface area contributed by atoms with Crippen molar-refractivity contribution in [1.29, 1.82) is 0 Å². The summed E-state index contributed by atoms with van der Waals surface area (Å²) in [6, 6.07) is 32.8. The molecule has 2 aromatic heterocycles. The number of benzene rings is 6. The second-order valence-corrected chi connectivity index (χ2v) is 30.9. The number of thioether (sulfide) groups is 2. The van der Waals surface area contributed by atoms with Crippen LogP contribution in [0.4, 0.5) is 22.7 Å². The number of carboxylic acid groups (broad SMARTS) is 1. The lowest BCUT2D eigenvalue weighted by Crippen LogP contribution is -2.23. The number of rotatable bonds is 15. The molecule has 2 heterocycles. The van der Waals surface area contributed by atoms with Gasteiger partial charge < -0.3 is 47.3 Å². The molecule has 1 amide bonds. The second-order valence-electron chi connectivity index (χ2n) is 25.3. The first-order valence-electron chi connectivity index (χ1n) is 31.5. The summed E-state index contributed by atoms with van der Waals surface area (Å²) in [6.45, 7) is 14.1. The van der Waals surface area contributed by atoms with E-state index in [9.17, 15) is 24.3 Å². The molecule has 0 unspecified atom stereocenters. The Hall–Kier alpha value is -7.93. The zero-order chi connectivity index (χ0) is 77.3. The fourth-order valence-corrected chi connectivity index (χ4v) is 11.1. The lowest BCUT2D eigenvalue weighted by molar-refractivity contribution is -0.148. The minimum Gasteiger partial charge on any atom is -0.481 e. The Morgan fingerprint density at radius 2 is 0.952 bits per heavy atom. The number of nitrogens with zero attached hydrogens (tertiary/aromatic N) is 8. The van der Waals surface area contributed by atoms with Crippen LogP contribution in [0.3, 0.4) is 0 Å². The Kier molecular flexibility index (Phi) is 35.6. The van der Waals surface area contributed by atoms with Crippen molar-refractivity contribution in [2.75, 3.05) is 61.5 Å². The van der Waals surface area contributed by atoms with Gasteiger partial charge in [-0.2, -0.15) is 9.36 Å². The van der Waals surface area contributed by atoms with E-state index in [0.717, 1.165) is 20.9 Å². The van der Waals surface area contributed by atoms with E-state index in [1.54, 1.807) is 82.3 Å². The number of anilines is 4. The van der Waals surface area contributed by atoms with Crippen LogP contribution in [0.1, 0.15) is 128 Å². The third kappa shape index (κ3) is 29.7. The Bertz CT molecular complexity index is 4600. The first-order chi connectivity index (χ1) is 48.9. The number of aliphatic carboxylic acids is 1. The number of esters is 2. The van der Waals surface area contributed by atoms with Crippen molar-refractivity contribution >= 4 is 162 Å². The summed E-state index contributed by atoms with van der Waals surface area (Å²) in [5, 5.41) is 56.9. The zero-order valence-electron chi connectivity index (χ0n) is 58.3. The van der Waals surface area contributed by atoms with E-state index in [0.29, 0.717) is 97.5 Å². The predicted molar refractivity (Wildman–Crippen MR) is 431 cm³/mol. The molecule has 10 rings (SSSR count). The number of amides is 1. The molecule has 10 N–H and O–H groups in total. The second kappa shape index (κ2) is 41.8. The molecule has 0 radical (unpaired) electrons. The van der Waals surface area contributed by atoms with Gasteiger partial charge in [-0.05, 0) is 245 Å². The molecule has 0 spiro atoms. The minimum absolute atomic E-state index is 0. The minimum atomic E-state index is -0.917. The zero-order valence-corrected chi connectivity index (χ0v) is 66.7. The van der Waals surface area contributed by atoms with Crippen molar-refractivity contribution in [2.45, 2.75) is 111 Å². The number of nitrogens with two attached hydrogens (primary N) is 3. The van der Waals surface area contributed by atoms with Gasteiger partial charge in [0.15, 0.2) is 0 Å². The number of tetrazole rings is 2. The fourth-order valence-electron chi connectivity index (χ4n) is 7.83. The molecule has 0 atom stereocenters. The number of carboxylic acids is 1. The van der Waals surface area contributed by atoms with Gasteiger partial charge in [-0.1, -0.05) is 154 Å². The summed E-state index contributed by atoms with van der Waals surface area (Å²) in [6.07, 6.45) is 9.84. The van der Waals surface area contributed by atoms with Crippen LogP contribution < -0.4 is 22.5 Å². The van der Waals surface area contributed by atoms with Gasteiger partial charge in [0.25, 0.3) is 0 Å². The quantitative estimate of drug-likeness (QED) is 0.0165. The lowest BCUT2D eigenvalue weighted by atomic mass is 9.94. The van der Waals surface area contributed by atoms with E-state index in [-0.39, 0.29) is 50.0 Å². The van der Waals surface area contributed by atoms with Gasteiger partial charge >= 0.3 is 17.9 Å². The molecule has 8 aromatic rings. The maximum Gasteiger partial charge on any atom is 0.323 e. The predicted octanol–water partition coefficient (Wildman–Crippen LogP) is 16.1. The number of carbonyl (C=O) groups excluding carboxylic acids is 3. The number of nitrogen functional groups attached to an aromatic ring is 3. The van der Waals surface area contributed by atoms with Crippen molar-refractivity contribution in [3.63, 3.8) is 0 Å². The molecule has 2 aliphatic carbocycles. The van der Waals surface area contributed by atoms with Crippen molar-refractivity contribution in [3.05, 3.63) is 171 Å². The molecule has 2 aliphatic rings. The molecule has 6 aromatic carbocycles. The van der Waals surface area contributed by atoms with Gasteiger partial charge in [-0.25, -0.2) is 0 Å². The van der Waals surface area contributed by atoms with Gasteiger partial charge in [-0.3, -0.25) is 19.2 Å². The van der Waals surface area contributed by atoms with Gasteiger partial charge in [0.05, 0.1) is 103 Å². The molecule has 0 bridgehead atoms.